The molecule has 0 fully saturated rings. The molecule has 2 amide bonds. The van der Waals surface area contributed by atoms with Gasteiger partial charge in [0.25, 0.3) is 5.91 Å². The van der Waals surface area contributed by atoms with Crippen LogP contribution in [0.3, 0.4) is 0 Å². The quantitative estimate of drug-likeness (QED) is 0.418. The predicted molar refractivity (Wildman–Crippen MR) is 128 cm³/mol. The number of fused-ring (bicyclic) bond motifs is 1. The number of hydrogen-bond acceptors (Lipinski definition) is 6. The van der Waals surface area contributed by atoms with Gasteiger partial charge in [-0.2, -0.15) is 9.61 Å². The molecule has 0 saturated carbocycles. The van der Waals surface area contributed by atoms with Crippen LogP contribution in [0.1, 0.15) is 17.3 Å². The first kappa shape index (κ1) is 21.0. The lowest BCUT2D eigenvalue weighted by atomic mass is 10.1. The average molecular weight is 449 g/mol. The van der Waals surface area contributed by atoms with Crippen LogP contribution in [0.4, 0.5) is 11.4 Å². The fraction of sp³-hybridized carbons (Fsp3) is 0.0400. The average Bonchev–Trinajstić information content (AvgIpc) is 3.28. The largest absolute Gasteiger partial charge is 0.326 e. The molecule has 0 bridgehead atoms. The van der Waals surface area contributed by atoms with Crippen LogP contribution < -0.4 is 10.6 Å². The number of aromatic nitrogens is 5. The maximum atomic E-state index is 12.6. The summed E-state index contributed by atoms with van der Waals surface area (Å²) in [6, 6.07) is 23.4. The second-order valence-electron chi connectivity index (χ2n) is 7.52. The van der Waals surface area contributed by atoms with Crippen LogP contribution in [0.15, 0.2) is 85.1 Å². The van der Waals surface area contributed by atoms with E-state index in [1.807, 2.05) is 54.6 Å². The predicted octanol–water partition coefficient (Wildman–Crippen LogP) is 4.06. The van der Waals surface area contributed by atoms with Crippen molar-refractivity contribution >= 4 is 28.8 Å². The summed E-state index contributed by atoms with van der Waals surface area (Å²) in [5.41, 5.74) is 4.69. The second kappa shape index (κ2) is 8.91. The minimum Gasteiger partial charge on any atom is -0.326 e. The summed E-state index contributed by atoms with van der Waals surface area (Å²) in [7, 11) is 0. The minimum atomic E-state index is -0.244. The number of rotatable bonds is 5. The third kappa shape index (κ3) is 4.35. The molecule has 2 N–H and O–H groups in total. The maximum absolute atomic E-state index is 12.6. The first-order valence-electron chi connectivity index (χ1n) is 10.5. The lowest BCUT2D eigenvalue weighted by Crippen LogP contribution is -2.12. The van der Waals surface area contributed by atoms with Crippen molar-refractivity contribution in [2.75, 3.05) is 10.6 Å². The molecule has 0 aliphatic carbocycles. The Balaban J connectivity index is 1.34. The molecule has 0 spiro atoms. The molecule has 0 aliphatic heterocycles. The van der Waals surface area contributed by atoms with E-state index < -0.39 is 0 Å². The van der Waals surface area contributed by atoms with Gasteiger partial charge in [-0.1, -0.05) is 18.2 Å². The zero-order valence-corrected chi connectivity index (χ0v) is 18.1. The van der Waals surface area contributed by atoms with Crippen LogP contribution in [0.25, 0.3) is 28.4 Å². The number of benzene rings is 2. The molecule has 166 valence electrons. The van der Waals surface area contributed by atoms with Crippen molar-refractivity contribution in [2.45, 2.75) is 6.92 Å². The molecule has 0 aliphatic rings. The Morgan fingerprint density at radius 3 is 2.21 bits per heavy atom. The van der Waals surface area contributed by atoms with Gasteiger partial charge in [0.2, 0.25) is 11.7 Å². The van der Waals surface area contributed by atoms with Crippen LogP contribution in [-0.2, 0) is 4.79 Å². The van der Waals surface area contributed by atoms with Crippen molar-refractivity contribution in [1.82, 2.24) is 24.8 Å². The highest BCUT2D eigenvalue weighted by atomic mass is 16.2. The van der Waals surface area contributed by atoms with Crippen molar-refractivity contribution < 1.29 is 9.59 Å². The monoisotopic (exact) mass is 449 g/mol. The number of carbonyl (C=O) groups excluding carboxylic acids is 2. The third-order valence-corrected chi connectivity index (χ3v) is 5.06. The smallest absolute Gasteiger partial charge is 0.255 e. The molecule has 0 unspecified atom stereocenters. The Hall–Kier alpha value is -4.92. The first-order valence-corrected chi connectivity index (χ1v) is 10.5. The molecule has 0 saturated heterocycles. The van der Waals surface area contributed by atoms with Gasteiger partial charge in [0, 0.05) is 35.6 Å². The van der Waals surface area contributed by atoms with Gasteiger partial charge in [-0.25, -0.2) is 0 Å². The van der Waals surface area contributed by atoms with Gasteiger partial charge in [-0.15, -0.1) is 10.2 Å². The summed E-state index contributed by atoms with van der Waals surface area (Å²) < 4.78 is 1.66. The molecular formula is C25H19N7O2. The van der Waals surface area contributed by atoms with Gasteiger partial charge in [-0.3, -0.25) is 14.6 Å². The van der Waals surface area contributed by atoms with E-state index in [0.717, 1.165) is 11.3 Å². The fourth-order valence-electron chi connectivity index (χ4n) is 3.43. The number of amides is 2. The maximum Gasteiger partial charge on any atom is 0.255 e. The zero-order chi connectivity index (χ0) is 23.5. The molecule has 2 aromatic carbocycles. The Morgan fingerprint density at radius 2 is 1.50 bits per heavy atom. The van der Waals surface area contributed by atoms with Crippen molar-refractivity contribution in [3.8, 4) is 22.8 Å². The molecule has 0 radical (unpaired) electrons. The molecule has 9 heteroatoms. The molecule has 5 aromatic rings. The summed E-state index contributed by atoms with van der Waals surface area (Å²) in [4.78, 5) is 28.0. The van der Waals surface area contributed by atoms with Crippen molar-refractivity contribution in [2.24, 2.45) is 0 Å². The number of carbonyl (C=O) groups is 2. The number of nitrogens with zero attached hydrogens (tertiary/aromatic N) is 5. The second-order valence-corrected chi connectivity index (χ2v) is 7.52. The Morgan fingerprint density at radius 1 is 0.765 bits per heavy atom. The van der Waals surface area contributed by atoms with E-state index in [2.05, 4.69) is 30.9 Å². The Kier molecular flexibility index (Phi) is 5.49. The van der Waals surface area contributed by atoms with Crippen LogP contribution in [0, 0.1) is 0 Å². The Bertz CT molecular complexity index is 1480. The molecule has 3 heterocycles. The molecule has 34 heavy (non-hydrogen) atoms. The van der Waals surface area contributed by atoms with E-state index in [1.165, 1.54) is 6.92 Å². The van der Waals surface area contributed by atoms with Crippen LogP contribution in [0.2, 0.25) is 0 Å². The highest BCUT2D eigenvalue weighted by Gasteiger charge is 2.12. The highest BCUT2D eigenvalue weighted by molar-refractivity contribution is 6.04. The molecular weight excluding hydrogens is 430 g/mol. The topological polar surface area (TPSA) is 114 Å². The summed E-state index contributed by atoms with van der Waals surface area (Å²) in [6.07, 6.45) is 1.70. The van der Waals surface area contributed by atoms with E-state index in [0.29, 0.717) is 34.1 Å². The van der Waals surface area contributed by atoms with Gasteiger partial charge in [0.1, 0.15) is 5.69 Å². The number of hydrogen-bond donors (Lipinski definition) is 2. The number of anilines is 2. The molecule has 9 nitrogen and oxygen atoms in total. The lowest BCUT2D eigenvalue weighted by molar-refractivity contribution is -0.114. The van der Waals surface area contributed by atoms with E-state index in [4.69, 9.17) is 0 Å². The summed E-state index contributed by atoms with van der Waals surface area (Å²) in [6.45, 7) is 1.43. The highest BCUT2D eigenvalue weighted by Crippen LogP contribution is 2.22. The normalized spacial score (nSPS) is 10.7. The van der Waals surface area contributed by atoms with Crippen LogP contribution >= 0.6 is 0 Å². The summed E-state index contributed by atoms with van der Waals surface area (Å²) in [5, 5.41) is 18.6. The molecule has 3 aromatic heterocycles. The first-order chi connectivity index (χ1) is 16.6. The number of nitrogens with one attached hydrogen (secondary N) is 2. The molecule has 0 atom stereocenters. The van der Waals surface area contributed by atoms with Gasteiger partial charge in [-0.05, 0) is 60.7 Å². The Labute approximate surface area is 194 Å². The number of pyridine rings is 1. The van der Waals surface area contributed by atoms with Crippen molar-refractivity contribution in [3.05, 3.63) is 90.6 Å². The van der Waals surface area contributed by atoms with E-state index in [-0.39, 0.29) is 11.8 Å². The van der Waals surface area contributed by atoms with Crippen LogP contribution in [-0.4, -0.2) is 36.6 Å². The fourth-order valence-corrected chi connectivity index (χ4v) is 3.43. The van der Waals surface area contributed by atoms with Gasteiger partial charge in [0.15, 0.2) is 5.65 Å². The standard InChI is InChI=1S/C25H19N7O2/c1-16(33)27-19-11-7-18(8-12-19)25(34)28-20-9-5-17(6-10-20)21-13-14-23-29-30-24(32(23)31-21)22-4-2-3-15-26-22/h2-15H,1H3,(H,27,33)(H,28,34). The van der Waals surface area contributed by atoms with E-state index in [1.54, 1.807) is 35.0 Å². The van der Waals surface area contributed by atoms with Crippen molar-refractivity contribution in [3.63, 3.8) is 0 Å². The van der Waals surface area contributed by atoms with E-state index in [9.17, 15) is 9.59 Å². The summed E-state index contributed by atoms with van der Waals surface area (Å²) in [5.74, 6) is 0.153. The minimum absolute atomic E-state index is 0.164. The SMILES string of the molecule is CC(=O)Nc1ccc(C(=O)Nc2ccc(-c3ccc4nnc(-c5ccccn5)n4n3)cc2)cc1. The third-order valence-electron chi connectivity index (χ3n) is 5.06. The van der Waals surface area contributed by atoms with E-state index >= 15 is 0 Å². The van der Waals surface area contributed by atoms with Gasteiger partial charge in [0.05, 0.1) is 5.69 Å². The van der Waals surface area contributed by atoms with Gasteiger partial charge >= 0.3 is 0 Å². The zero-order valence-electron chi connectivity index (χ0n) is 18.1. The van der Waals surface area contributed by atoms with Crippen LogP contribution in [0.5, 0.6) is 0 Å². The summed E-state index contributed by atoms with van der Waals surface area (Å²) >= 11 is 0. The van der Waals surface area contributed by atoms with Gasteiger partial charge < -0.3 is 10.6 Å². The lowest BCUT2D eigenvalue weighted by Gasteiger charge is -2.08. The molecule has 5 rings (SSSR count). The van der Waals surface area contributed by atoms with Crippen molar-refractivity contribution in [1.29, 1.82) is 0 Å².